The Morgan fingerprint density at radius 2 is 1.68 bits per heavy atom. The summed E-state index contributed by atoms with van der Waals surface area (Å²) in [6.07, 6.45) is 2.74. The fraction of sp³-hybridized carbons (Fsp3) is 0.310. The Bertz CT molecular complexity index is 1450. The quantitative estimate of drug-likeness (QED) is 0.0887. The number of thiophene rings is 1. The molecule has 4 aromatic rings. The second kappa shape index (κ2) is 12.9. The number of anilines is 7. The first kappa shape index (κ1) is 27.6. The van der Waals surface area contributed by atoms with Crippen molar-refractivity contribution in [2.45, 2.75) is 40.0 Å². The molecule has 0 spiro atoms. The van der Waals surface area contributed by atoms with E-state index in [1.165, 1.54) is 29.2 Å². The van der Waals surface area contributed by atoms with Crippen molar-refractivity contribution in [3.05, 3.63) is 70.7 Å². The lowest BCUT2D eigenvalue weighted by molar-refractivity contribution is -0.142. The molecular weight excluding hydrogens is 543 g/mol. The van der Waals surface area contributed by atoms with Gasteiger partial charge in [0, 0.05) is 29.8 Å². The van der Waals surface area contributed by atoms with Gasteiger partial charge in [0.15, 0.2) is 0 Å². The highest BCUT2D eigenvalue weighted by atomic mass is 32.1. The molecule has 9 nitrogen and oxygen atoms in total. The molecule has 210 valence electrons. The molecule has 0 amide bonds. The van der Waals surface area contributed by atoms with Crippen LogP contribution < -0.4 is 31.9 Å². The first-order valence-electron chi connectivity index (χ1n) is 13.4. The van der Waals surface area contributed by atoms with Gasteiger partial charge in [0.2, 0.25) is 5.13 Å². The number of aryl methyl sites for hydroxylation is 2. The molecule has 1 aliphatic heterocycles. The molecular formula is C29H35N7O2S2. The maximum Gasteiger partial charge on any atom is 0.311 e. The number of nitrogens with one attached hydrogen (secondary N) is 5. The highest BCUT2D eigenvalue weighted by Crippen LogP contribution is 2.32. The van der Waals surface area contributed by atoms with Gasteiger partial charge in [0.05, 0.1) is 35.1 Å². The predicted octanol–water partition coefficient (Wildman–Crippen LogP) is 7.15. The number of hydrazine groups is 2. The van der Waals surface area contributed by atoms with Crippen molar-refractivity contribution in [2.24, 2.45) is 0 Å². The molecule has 11 heteroatoms. The van der Waals surface area contributed by atoms with Crippen LogP contribution >= 0.6 is 22.7 Å². The zero-order valence-corrected chi connectivity index (χ0v) is 24.6. The standard InChI is InChI=1S/C29H35N7O2S2/c1-4-38-28(37)17-23-18-39-29(31-23)35-33-25-10-7-21(15-20(25)3)30-24-9-8-22(16-19(24)2)32-34-26-11-12-27(40-26)36-13-5-6-14-36/h7-12,15-16,18,30,32-34H,4-6,13-14,17H2,1-3H3,(H,31,35). The maximum absolute atomic E-state index is 11.7. The lowest BCUT2D eigenvalue weighted by Gasteiger charge is -2.15. The molecule has 0 unspecified atom stereocenters. The largest absolute Gasteiger partial charge is 0.466 e. The normalized spacial score (nSPS) is 12.7. The molecule has 2 aromatic heterocycles. The third-order valence-electron chi connectivity index (χ3n) is 6.56. The summed E-state index contributed by atoms with van der Waals surface area (Å²) in [5.41, 5.74) is 19.9. The van der Waals surface area contributed by atoms with Crippen LogP contribution in [0.4, 0.5) is 37.9 Å². The second-order valence-corrected chi connectivity index (χ2v) is 11.6. The number of ether oxygens (including phenoxy) is 1. The van der Waals surface area contributed by atoms with E-state index in [1.54, 1.807) is 18.3 Å². The molecule has 0 bridgehead atoms. The van der Waals surface area contributed by atoms with Crippen LogP contribution in [-0.2, 0) is 16.0 Å². The Labute approximate surface area is 242 Å². The average Bonchev–Trinajstić information content (AvgIpc) is 3.71. The number of benzene rings is 2. The van der Waals surface area contributed by atoms with E-state index in [2.05, 4.69) is 87.1 Å². The SMILES string of the molecule is CCOC(=O)Cc1csc(NNc2ccc(Nc3ccc(NNc4ccc(N5CCCC5)s4)cc3C)cc2C)n1. The topological polar surface area (TPSA) is 103 Å². The number of nitrogens with zero attached hydrogens (tertiary/aromatic N) is 2. The van der Waals surface area contributed by atoms with Gasteiger partial charge in [-0.05, 0) is 93.3 Å². The van der Waals surface area contributed by atoms with Crippen LogP contribution in [0.5, 0.6) is 0 Å². The van der Waals surface area contributed by atoms with Crippen molar-refractivity contribution < 1.29 is 9.53 Å². The first-order valence-corrected chi connectivity index (χ1v) is 15.1. The molecule has 0 radical (unpaired) electrons. The van der Waals surface area contributed by atoms with Crippen LogP contribution in [0.25, 0.3) is 0 Å². The van der Waals surface area contributed by atoms with Crippen molar-refractivity contribution in [3.63, 3.8) is 0 Å². The molecule has 1 saturated heterocycles. The third kappa shape index (κ3) is 7.16. The predicted molar refractivity (Wildman–Crippen MR) is 168 cm³/mol. The fourth-order valence-corrected chi connectivity index (χ4v) is 6.06. The van der Waals surface area contributed by atoms with Gasteiger partial charge in [-0.1, -0.05) is 11.3 Å². The monoisotopic (exact) mass is 577 g/mol. The molecule has 0 aliphatic carbocycles. The van der Waals surface area contributed by atoms with E-state index in [0.29, 0.717) is 17.4 Å². The Balaban J connectivity index is 1.12. The third-order valence-corrected chi connectivity index (χ3v) is 8.43. The van der Waals surface area contributed by atoms with Crippen LogP contribution in [0.15, 0.2) is 53.9 Å². The summed E-state index contributed by atoms with van der Waals surface area (Å²) in [4.78, 5) is 18.5. The van der Waals surface area contributed by atoms with E-state index in [4.69, 9.17) is 4.74 Å². The van der Waals surface area contributed by atoms with Gasteiger partial charge in [0.1, 0.15) is 5.00 Å². The maximum atomic E-state index is 11.7. The minimum atomic E-state index is -0.270. The Hall–Kier alpha value is -3.96. The molecule has 1 fully saturated rings. The van der Waals surface area contributed by atoms with Crippen molar-refractivity contribution in [1.29, 1.82) is 0 Å². The van der Waals surface area contributed by atoms with Gasteiger partial charge in [0.25, 0.3) is 0 Å². The van der Waals surface area contributed by atoms with E-state index >= 15 is 0 Å². The van der Waals surface area contributed by atoms with Crippen molar-refractivity contribution in [2.75, 3.05) is 51.6 Å². The summed E-state index contributed by atoms with van der Waals surface area (Å²) in [6.45, 7) is 8.63. The van der Waals surface area contributed by atoms with Crippen LogP contribution in [0, 0.1) is 13.8 Å². The first-order chi connectivity index (χ1) is 19.5. The van der Waals surface area contributed by atoms with Gasteiger partial charge in [-0.15, -0.1) is 11.3 Å². The summed E-state index contributed by atoms with van der Waals surface area (Å²) >= 11 is 3.21. The molecule has 5 rings (SSSR count). The van der Waals surface area contributed by atoms with Crippen LogP contribution in [0.2, 0.25) is 0 Å². The number of hydrogen-bond donors (Lipinski definition) is 5. The highest BCUT2D eigenvalue weighted by Gasteiger charge is 2.14. The molecule has 5 N–H and O–H groups in total. The summed E-state index contributed by atoms with van der Waals surface area (Å²) in [5.74, 6) is -0.270. The second-order valence-electron chi connectivity index (χ2n) is 9.64. The number of hydrogen-bond acceptors (Lipinski definition) is 11. The number of carbonyl (C=O) groups is 1. The molecule has 2 aromatic carbocycles. The Morgan fingerprint density at radius 1 is 0.925 bits per heavy atom. The zero-order chi connectivity index (χ0) is 27.9. The van der Waals surface area contributed by atoms with Crippen molar-refractivity contribution in [1.82, 2.24) is 4.98 Å². The van der Waals surface area contributed by atoms with Crippen molar-refractivity contribution in [3.8, 4) is 0 Å². The number of esters is 1. The van der Waals surface area contributed by atoms with Crippen LogP contribution in [-0.4, -0.2) is 30.6 Å². The van der Waals surface area contributed by atoms with E-state index in [0.717, 1.165) is 52.0 Å². The van der Waals surface area contributed by atoms with Gasteiger partial charge >= 0.3 is 5.97 Å². The number of rotatable bonds is 12. The Kier molecular flexibility index (Phi) is 8.92. The van der Waals surface area contributed by atoms with E-state index in [1.807, 2.05) is 17.5 Å². The van der Waals surface area contributed by atoms with Crippen LogP contribution in [0.3, 0.4) is 0 Å². The number of thiazole rings is 1. The highest BCUT2D eigenvalue weighted by molar-refractivity contribution is 7.20. The molecule has 3 heterocycles. The fourth-order valence-electron chi connectivity index (χ4n) is 4.48. The number of aromatic nitrogens is 1. The number of carbonyl (C=O) groups excluding carboxylic acids is 1. The van der Waals surface area contributed by atoms with Crippen molar-refractivity contribution >= 4 is 66.5 Å². The van der Waals surface area contributed by atoms with E-state index in [-0.39, 0.29) is 12.4 Å². The molecule has 1 aliphatic rings. The minimum absolute atomic E-state index is 0.173. The smallest absolute Gasteiger partial charge is 0.311 e. The van der Waals surface area contributed by atoms with E-state index < -0.39 is 0 Å². The molecule has 0 saturated carbocycles. The zero-order valence-electron chi connectivity index (χ0n) is 23.0. The molecule has 0 atom stereocenters. The Morgan fingerprint density at radius 3 is 2.45 bits per heavy atom. The minimum Gasteiger partial charge on any atom is -0.466 e. The average molecular weight is 578 g/mol. The van der Waals surface area contributed by atoms with Gasteiger partial charge in [-0.2, -0.15) is 0 Å². The summed E-state index contributed by atoms with van der Waals surface area (Å²) in [5, 5.41) is 8.50. The van der Waals surface area contributed by atoms with Gasteiger partial charge in [-0.3, -0.25) is 21.1 Å². The lowest BCUT2D eigenvalue weighted by atomic mass is 10.1. The lowest BCUT2D eigenvalue weighted by Crippen LogP contribution is -2.15. The van der Waals surface area contributed by atoms with Gasteiger partial charge in [-0.25, -0.2) is 4.98 Å². The summed E-state index contributed by atoms with van der Waals surface area (Å²) in [7, 11) is 0. The van der Waals surface area contributed by atoms with Crippen LogP contribution in [0.1, 0.15) is 36.6 Å². The summed E-state index contributed by atoms with van der Waals surface area (Å²) in [6, 6.07) is 16.8. The molecule has 40 heavy (non-hydrogen) atoms. The van der Waals surface area contributed by atoms with E-state index in [9.17, 15) is 4.79 Å². The summed E-state index contributed by atoms with van der Waals surface area (Å²) < 4.78 is 4.99. The van der Waals surface area contributed by atoms with Gasteiger partial charge < -0.3 is 20.4 Å².